The molecule has 10 heteroatoms. The Morgan fingerprint density at radius 3 is 2.43 bits per heavy atom. The van der Waals surface area contributed by atoms with Gasteiger partial charge in [-0.05, 0) is 76.0 Å². The second kappa shape index (κ2) is 9.31. The van der Waals surface area contributed by atoms with Crippen LogP contribution in [0.25, 0.3) is 11.2 Å². The minimum absolute atomic E-state index is 0.00881. The third-order valence-corrected chi connectivity index (χ3v) is 7.99. The van der Waals surface area contributed by atoms with E-state index in [0.717, 1.165) is 25.5 Å². The van der Waals surface area contributed by atoms with Gasteiger partial charge in [-0.3, -0.25) is 14.4 Å². The van der Waals surface area contributed by atoms with Crippen molar-refractivity contribution >= 4 is 29.8 Å². The molecule has 4 aliphatic carbocycles. The number of aromatic nitrogens is 2. The van der Waals surface area contributed by atoms with Crippen molar-refractivity contribution in [2.45, 2.75) is 52.0 Å². The quantitative estimate of drug-likeness (QED) is 0.310. The van der Waals surface area contributed by atoms with Gasteiger partial charge in [-0.2, -0.15) is 11.3 Å². The van der Waals surface area contributed by atoms with Crippen molar-refractivity contribution in [1.29, 1.82) is 0 Å². The van der Waals surface area contributed by atoms with Crippen LogP contribution in [0.3, 0.4) is 0 Å². The molecule has 0 aromatic carbocycles. The molecule has 5 N–H and O–H groups in total. The zero-order valence-electron chi connectivity index (χ0n) is 20.5. The summed E-state index contributed by atoms with van der Waals surface area (Å²) in [5.41, 5.74) is 4.56. The van der Waals surface area contributed by atoms with Crippen molar-refractivity contribution in [1.82, 2.24) is 25.7 Å². The molecule has 5 rings (SSSR count). The summed E-state index contributed by atoms with van der Waals surface area (Å²) >= 11 is 0. The zero-order valence-corrected chi connectivity index (χ0v) is 20.5. The van der Waals surface area contributed by atoms with Gasteiger partial charge in [-0.15, -0.1) is 0 Å². The average Bonchev–Trinajstić information content (AvgIpc) is 3.34. The normalized spacial score (nSPS) is 30.0. The predicted molar refractivity (Wildman–Crippen MR) is 132 cm³/mol. The van der Waals surface area contributed by atoms with E-state index in [1.807, 2.05) is 0 Å². The largest absolute Gasteiger partial charge is 0.810 e. The van der Waals surface area contributed by atoms with Gasteiger partial charge in [-0.25, -0.2) is 4.68 Å². The monoisotopic (exact) mass is 480 g/mol. The summed E-state index contributed by atoms with van der Waals surface area (Å²) in [6, 6.07) is 1.62. The first-order valence-electron chi connectivity index (χ1n) is 12.1. The Bertz CT molecular complexity index is 1060. The van der Waals surface area contributed by atoms with E-state index in [0.29, 0.717) is 18.8 Å². The molecule has 0 radical (unpaired) electrons. The summed E-state index contributed by atoms with van der Waals surface area (Å²) in [6.07, 6.45) is 11.4. The van der Waals surface area contributed by atoms with E-state index in [1.54, 1.807) is 51.6 Å². The molecule has 4 aliphatic rings. The highest BCUT2D eigenvalue weighted by molar-refractivity contribution is 6.17. The molecule has 1 aromatic rings. The van der Waals surface area contributed by atoms with Crippen LogP contribution in [0.1, 0.15) is 46.0 Å². The van der Waals surface area contributed by atoms with E-state index in [2.05, 4.69) is 21.0 Å². The maximum atomic E-state index is 13.4. The molecule has 4 bridgehead atoms. The second-order valence-electron chi connectivity index (χ2n) is 10.7. The van der Waals surface area contributed by atoms with Crippen molar-refractivity contribution in [3.05, 3.63) is 41.7 Å². The van der Waals surface area contributed by atoms with Gasteiger partial charge in [0.25, 0.3) is 5.91 Å². The Hall–Kier alpha value is -3.43. The molecule has 2 atom stereocenters. The molecule has 2 unspecified atom stereocenters. The van der Waals surface area contributed by atoms with Crippen LogP contribution in [0, 0.1) is 28.6 Å². The van der Waals surface area contributed by atoms with Gasteiger partial charge in [0.2, 0.25) is 11.8 Å². The average molecular weight is 481 g/mol. The number of nitrogens with one attached hydrogen (secondary N) is 3. The number of nitrogens with two attached hydrogens (primary N) is 1. The lowest BCUT2D eigenvalue weighted by molar-refractivity contribution is -0.147. The van der Waals surface area contributed by atoms with E-state index in [9.17, 15) is 19.8 Å². The van der Waals surface area contributed by atoms with Crippen molar-refractivity contribution in [3.8, 4) is 0 Å². The number of nitrogens with zero attached hydrogens (tertiary/aromatic N) is 3. The third kappa shape index (κ3) is 4.61. The summed E-state index contributed by atoms with van der Waals surface area (Å²) < 4.78 is 1.44. The first-order chi connectivity index (χ1) is 16.6. The van der Waals surface area contributed by atoms with E-state index < -0.39 is 16.7 Å². The van der Waals surface area contributed by atoms with E-state index in [1.165, 1.54) is 4.68 Å². The fourth-order valence-electron chi connectivity index (χ4n) is 6.41. The van der Waals surface area contributed by atoms with Crippen LogP contribution in [0.4, 0.5) is 0 Å². The highest BCUT2D eigenvalue weighted by Gasteiger charge is 2.58. The molecule has 3 amide bonds. The second-order valence-corrected chi connectivity index (χ2v) is 10.7. The summed E-state index contributed by atoms with van der Waals surface area (Å²) in [7, 11) is 1.57. The molecule has 1 heterocycles. The van der Waals surface area contributed by atoms with Crippen LogP contribution in [0.5, 0.6) is 0 Å². The van der Waals surface area contributed by atoms with E-state index in [-0.39, 0.29) is 41.1 Å². The molecule has 1 aromatic heterocycles. The van der Waals surface area contributed by atoms with Crippen LogP contribution in [-0.2, 0) is 14.4 Å². The predicted octanol–water partition coefficient (Wildman–Crippen LogP) is 1.36. The number of hydrogen-bond acceptors (Lipinski definition) is 5. The molecule has 188 valence electrons. The number of hydrogen-bond donors (Lipinski definition) is 4. The number of primary amides is 1. The van der Waals surface area contributed by atoms with Gasteiger partial charge in [0.05, 0.1) is 11.0 Å². The van der Waals surface area contributed by atoms with Crippen molar-refractivity contribution in [2.24, 2.45) is 34.3 Å². The summed E-state index contributed by atoms with van der Waals surface area (Å²) in [5, 5.41) is 23.0. The maximum absolute atomic E-state index is 13.4. The topological polar surface area (TPSA) is 153 Å². The minimum atomic E-state index is -0.793. The molecule has 0 aliphatic heterocycles. The molecular formula is C25H34N7O3-. The van der Waals surface area contributed by atoms with Crippen LogP contribution in [-0.4, -0.2) is 46.8 Å². The minimum Gasteiger partial charge on any atom is -0.810 e. The van der Waals surface area contributed by atoms with Gasteiger partial charge in [0, 0.05) is 30.9 Å². The molecule has 10 nitrogen and oxygen atoms in total. The van der Waals surface area contributed by atoms with Crippen LogP contribution >= 0.6 is 0 Å². The molecule has 35 heavy (non-hydrogen) atoms. The Balaban J connectivity index is 1.57. The van der Waals surface area contributed by atoms with E-state index >= 15 is 0 Å². The lowest BCUT2D eigenvalue weighted by Gasteiger charge is -2.58. The number of carbonyl (C=O) groups is 3. The van der Waals surface area contributed by atoms with E-state index in [4.69, 9.17) is 5.73 Å². The Morgan fingerprint density at radius 2 is 1.89 bits per heavy atom. The number of carbonyl (C=O) groups excluding carboxylic acids is 3. The molecule has 0 saturated heterocycles. The molecule has 4 fully saturated rings. The Kier molecular flexibility index (Phi) is 6.57. The highest BCUT2D eigenvalue weighted by atomic mass is 16.2. The Morgan fingerprint density at radius 1 is 1.20 bits per heavy atom. The lowest BCUT2D eigenvalue weighted by atomic mass is 9.47. The van der Waals surface area contributed by atoms with Crippen molar-refractivity contribution in [2.75, 3.05) is 7.05 Å². The summed E-state index contributed by atoms with van der Waals surface area (Å²) in [6.45, 7) is 3.52. The smallest absolute Gasteiger partial charge is 0.253 e. The molecule has 0 spiro atoms. The maximum Gasteiger partial charge on any atom is 0.253 e. The van der Waals surface area contributed by atoms with Gasteiger partial charge in [0.1, 0.15) is 5.82 Å². The summed E-state index contributed by atoms with van der Waals surface area (Å²) in [4.78, 5) is 37.7. The first kappa shape index (κ1) is 24.7. The van der Waals surface area contributed by atoms with Crippen LogP contribution in [0.2, 0.25) is 0 Å². The first-order valence-corrected chi connectivity index (χ1v) is 12.1. The van der Waals surface area contributed by atoms with Crippen LogP contribution < -0.4 is 21.7 Å². The van der Waals surface area contributed by atoms with Gasteiger partial charge >= 0.3 is 0 Å². The number of rotatable bonds is 9. The van der Waals surface area contributed by atoms with Gasteiger partial charge in [0.15, 0.2) is 0 Å². The Labute approximate surface area is 205 Å². The summed E-state index contributed by atoms with van der Waals surface area (Å²) in [5.74, 6) is 0.276. The molecule has 4 saturated carbocycles. The van der Waals surface area contributed by atoms with Gasteiger partial charge < -0.3 is 27.1 Å². The van der Waals surface area contributed by atoms with Crippen molar-refractivity contribution < 1.29 is 14.4 Å². The van der Waals surface area contributed by atoms with Crippen LogP contribution in [0.15, 0.2) is 36.3 Å². The third-order valence-electron chi connectivity index (χ3n) is 7.99. The zero-order chi connectivity index (χ0) is 25.4. The fraction of sp³-hybridized carbons (Fsp3) is 0.560. The SMILES string of the molecule is CNC(=O)C(C)(C)/C=C/N/C(=C(\C=[N-])C(=O)NC1C2CC3CC1CC(C(N)=O)(C3)C2)n1cccn1. The lowest BCUT2D eigenvalue weighted by Crippen LogP contribution is -2.62. The van der Waals surface area contributed by atoms with Gasteiger partial charge in [-0.1, -0.05) is 6.08 Å². The standard InChI is InChI=1S/C25H34N7O3/c1-24(2,23(35)28-3)5-7-29-20(32-8-4-6-30-32)18(14-26)21(33)31-19-16-9-15-10-17(19)13-25(11-15,12-16)22(27)34/h4-8,14-17,19,29H,9-13H2,1-3H3,(H2,27,34)(H,28,35)(H,31,33)/q-1/b7-5+,20-18-. The number of amides is 3. The van der Waals surface area contributed by atoms with Crippen molar-refractivity contribution in [3.63, 3.8) is 0 Å². The molecular weight excluding hydrogens is 446 g/mol. The fourth-order valence-corrected chi connectivity index (χ4v) is 6.41. The highest BCUT2D eigenvalue weighted by Crippen LogP contribution is 2.59.